The van der Waals surface area contributed by atoms with Crippen LogP contribution in [-0.2, 0) is 26.8 Å². The Morgan fingerprint density at radius 2 is 1.75 bits per heavy atom. The minimum absolute atomic E-state index is 0.217. The zero-order valence-electron chi connectivity index (χ0n) is 22.7. The van der Waals surface area contributed by atoms with Crippen molar-refractivity contribution in [1.82, 2.24) is 28.7 Å². The van der Waals surface area contributed by atoms with Gasteiger partial charge in [0.05, 0.1) is 12.7 Å². The molecule has 1 aliphatic carbocycles. The first-order valence-corrected chi connectivity index (χ1v) is 13.3. The van der Waals surface area contributed by atoms with Gasteiger partial charge in [0.2, 0.25) is 0 Å². The third-order valence-corrected chi connectivity index (χ3v) is 7.60. The van der Waals surface area contributed by atoms with Gasteiger partial charge in [-0.25, -0.2) is 19.7 Å². The monoisotopic (exact) mass is 546 g/mol. The van der Waals surface area contributed by atoms with Crippen LogP contribution >= 0.6 is 0 Å². The molecule has 1 fully saturated rings. The van der Waals surface area contributed by atoms with Crippen LogP contribution in [0.4, 0.5) is 13.2 Å². The number of halogens is 3. The van der Waals surface area contributed by atoms with Crippen LogP contribution in [0.15, 0.2) is 59.7 Å². The van der Waals surface area contributed by atoms with Crippen LogP contribution < -0.4 is 5.69 Å². The molecule has 0 spiro atoms. The fourth-order valence-electron chi connectivity index (χ4n) is 5.31. The molecule has 5 aromatic rings. The number of rotatable bonds is 6. The van der Waals surface area contributed by atoms with E-state index in [4.69, 9.17) is 9.97 Å². The van der Waals surface area contributed by atoms with E-state index in [0.717, 1.165) is 30.2 Å². The molecule has 0 radical (unpaired) electrons. The van der Waals surface area contributed by atoms with E-state index in [1.807, 2.05) is 0 Å². The summed E-state index contributed by atoms with van der Waals surface area (Å²) in [6, 6.07) is 13.4. The average molecular weight is 547 g/mol. The van der Waals surface area contributed by atoms with Gasteiger partial charge >= 0.3 is 11.9 Å². The number of alkyl halides is 3. The van der Waals surface area contributed by atoms with E-state index >= 15 is 0 Å². The minimum atomic E-state index is -4.51. The zero-order valence-corrected chi connectivity index (χ0v) is 22.7. The quantitative estimate of drug-likeness (QED) is 0.252. The summed E-state index contributed by atoms with van der Waals surface area (Å²) in [6.07, 6.45) is 0.479. The average Bonchev–Trinajstić information content (AvgIpc) is 3.66. The summed E-state index contributed by atoms with van der Waals surface area (Å²) in [5.74, 6) is 1.63. The molecule has 0 amide bonds. The number of hydrogen-bond acceptors (Lipinski definition) is 4. The van der Waals surface area contributed by atoms with Gasteiger partial charge in [0.1, 0.15) is 11.3 Å². The summed E-state index contributed by atoms with van der Waals surface area (Å²) in [7, 11) is 3.23. The van der Waals surface area contributed by atoms with Crippen molar-refractivity contribution in [2.45, 2.75) is 51.2 Å². The van der Waals surface area contributed by atoms with Crippen LogP contribution in [0.1, 0.15) is 60.9 Å². The van der Waals surface area contributed by atoms with E-state index < -0.39 is 11.9 Å². The molecular formula is C30H29F3N6O. The Bertz CT molecular complexity index is 1770. The molecule has 0 bridgehead atoms. The minimum Gasteiger partial charge on any atom is -0.333 e. The number of hydrogen-bond donors (Lipinski definition) is 0. The molecule has 10 heteroatoms. The molecular weight excluding hydrogens is 517 g/mol. The van der Waals surface area contributed by atoms with Crippen molar-refractivity contribution in [3.63, 3.8) is 0 Å². The van der Waals surface area contributed by atoms with Gasteiger partial charge in [-0.1, -0.05) is 56.3 Å². The van der Waals surface area contributed by atoms with Gasteiger partial charge in [-0.2, -0.15) is 13.2 Å². The summed E-state index contributed by atoms with van der Waals surface area (Å²) >= 11 is 0. The third kappa shape index (κ3) is 4.51. The Balaban J connectivity index is 1.39. The summed E-state index contributed by atoms with van der Waals surface area (Å²) in [5, 5.41) is 0. The molecule has 7 nitrogen and oxygen atoms in total. The number of nitrogens with zero attached hydrogens (tertiary/aromatic N) is 6. The van der Waals surface area contributed by atoms with Crippen molar-refractivity contribution in [3.05, 3.63) is 87.7 Å². The molecule has 0 unspecified atom stereocenters. The summed E-state index contributed by atoms with van der Waals surface area (Å²) < 4.78 is 43.9. The van der Waals surface area contributed by atoms with Crippen LogP contribution in [0.25, 0.3) is 33.9 Å². The van der Waals surface area contributed by atoms with Crippen LogP contribution in [0.2, 0.25) is 0 Å². The maximum absolute atomic E-state index is 13.3. The molecule has 0 saturated heterocycles. The Hall–Kier alpha value is -4.21. The third-order valence-electron chi connectivity index (χ3n) is 7.60. The summed E-state index contributed by atoms with van der Waals surface area (Å²) in [6.45, 7) is 4.57. The first-order valence-electron chi connectivity index (χ1n) is 13.3. The lowest BCUT2D eigenvalue weighted by Gasteiger charge is -2.16. The Morgan fingerprint density at radius 1 is 1.02 bits per heavy atom. The van der Waals surface area contributed by atoms with Crippen molar-refractivity contribution in [3.8, 4) is 22.8 Å². The molecule has 40 heavy (non-hydrogen) atoms. The fraction of sp³-hybridized carbons (Fsp3) is 0.333. The highest BCUT2D eigenvalue weighted by molar-refractivity contribution is 5.76. The lowest BCUT2D eigenvalue weighted by Crippen LogP contribution is -2.22. The second-order valence-corrected chi connectivity index (χ2v) is 10.8. The lowest BCUT2D eigenvalue weighted by atomic mass is 9.91. The van der Waals surface area contributed by atoms with E-state index in [1.54, 1.807) is 42.1 Å². The molecule has 0 aliphatic heterocycles. The van der Waals surface area contributed by atoms with Crippen LogP contribution in [0.3, 0.4) is 0 Å². The molecule has 6 rings (SSSR count). The molecule has 0 N–H and O–H groups in total. The summed E-state index contributed by atoms with van der Waals surface area (Å²) in [4.78, 5) is 26.7. The van der Waals surface area contributed by atoms with E-state index in [2.05, 4.69) is 37.0 Å². The molecule has 0 atom stereocenters. The Kier molecular flexibility index (Phi) is 6.16. The molecule has 3 aromatic heterocycles. The standard InChI is InChI=1S/C30H29F3N6O/c1-17(2)21-6-5-7-22(19-12-13-19)25(21)26-34-14-23-28(36-26)39(29(40)38(23)4)15-18-8-10-20(11-9-18)27-35-24(16-37(27)3)30(31,32)33/h5-11,14,16-17,19H,12-13,15H2,1-4H3. The van der Waals surface area contributed by atoms with Crippen LogP contribution in [0.5, 0.6) is 0 Å². The molecule has 1 saturated carbocycles. The van der Waals surface area contributed by atoms with Crippen molar-refractivity contribution in [2.24, 2.45) is 14.1 Å². The number of benzene rings is 2. The first kappa shape index (κ1) is 26.0. The maximum atomic E-state index is 13.3. The second-order valence-electron chi connectivity index (χ2n) is 10.8. The van der Waals surface area contributed by atoms with Gasteiger partial charge in [-0.05, 0) is 41.4 Å². The Labute approximate surface area is 229 Å². The van der Waals surface area contributed by atoms with Gasteiger partial charge in [0.15, 0.2) is 17.2 Å². The highest BCUT2D eigenvalue weighted by Crippen LogP contribution is 2.46. The van der Waals surface area contributed by atoms with Crippen molar-refractivity contribution in [2.75, 3.05) is 0 Å². The lowest BCUT2D eigenvalue weighted by molar-refractivity contribution is -0.140. The van der Waals surface area contributed by atoms with Gasteiger partial charge in [0.25, 0.3) is 0 Å². The highest BCUT2D eigenvalue weighted by Gasteiger charge is 2.34. The van der Waals surface area contributed by atoms with E-state index in [1.165, 1.54) is 27.3 Å². The fourth-order valence-corrected chi connectivity index (χ4v) is 5.31. The first-order chi connectivity index (χ1) is 19.0. The van der Waals surface area contributed by atoms with Crippen LogP contribution in [0, 0.1) is 0 Å². The topological polar surface area (TPSA) is 70.5 Å². The SMILES string of the molecule is CC(C)c1cccc(C2CC2)c1-c1ncc2c(n1)n(Cc1ccc(-c3nc(C(F)(F)F)cn3C)cc1)c(=O)n2C. The number of imidazole rings is 2. The summed E-state index contributed by atoms with van der Waals surface area (Å²) in [5.41, 5.74) is 4.89. The normalized spacial score (nSPS) is 14.0. The van der Waals surface area contributed by atoms with Crippen LogP contribution in [-0.4, -0.2) is 28.7 Å². The smallest absolute Gasteiger partial charge is 0.333 e. The van der Waals surface area contributed by atoms with E-state index in [9.17, 15) is 18.0 Å². The second kappa shape index (κ2) is 9.46. The van der Waals surface area contributed by atoms with E-state index in [-0.39, 0.29) is 24.0 Å². The molecule has 2 aromatic carbocycles. The van der Waals surface area contributed by atoms with E-state index in [0.29, 0.717) is 28.5 Å². The van der Waals surface area contributed by atoms with Gasteiger partial charge in [-0.3, -0.25) is 9.13 Å². The predicted molar refractivity (Wildman–Crippen MR) is 147 cm³/mol. The van der Waals surface area contributed by atoms with Crippen molar-refractivity contribution >= 4 is 11.2 Å². The van der Waals surface area contributed by atoms with Gasteiger partial charge in [-0.15, -0.1) is 0 Å². The molecule has 1 aliphatic rings. The van der Waals surface area contributed by atoms with Gasteiger partial charge < -0.3 is 4.57 Å². The number of aromatic nitrogens is 6. The van der Waals surface area contributed by atoms with Gasteiger partial charge in [0, 0.05) is 31.4 Å². The largest absolute Gasteiger partial charge is 0.434 e. The van der Waals surface area contributed by atoms with Crippen molar-refractivity contribution < 1.29 is 13.2 Å². The predicted octanol–water partition coefficient (Wildman–Crippen LogP) is 6.27. The maximum Gasteiger partial charge on any atom is 0.434 e. The molecule has 206 valence electrons. The number of aryl methyl sites for hydroxylation is 2. The molecule has 3 heterocycles. The number of fused-ring (bicyclic) bond motifs is 1. The zero-order chi connectivity index (χ0) is 28.3. The van der Waals surface area contributed by atoms with Crippen molar-refractivity contribution in [1.29, 1.82) is 0 Å². The highest BCUT2D eigenvalue weighted by atomic mass is 19.4. The Morgan fingerprint density at radius 3 is 2.38 bits per heavy atom.